The molecule has 2 heterocycles. The van der Waals surface area contributed by atoms with Gasteiger partial charge in [0.25, 0.3) is 10.0 Å². The maximum atomic E-state index is 13.1. The lowest BCUT2D eigenvalue weighted by Crippen LogP contribution is -2.21. The van der Waals surface area contributed by atoms with E-state index in [9.17, 15) is 8.42 Å². The second-order valence-electron chi connectivity index (χ2n) is 8.21. The number of hydrogen-bond acceptors (Lipinski definition) is 6. The van der Waals surface area contributed by atoms with Crippen LogP contribution >= 0.6 is 0 Å². The summed E-state index contributed by atoms with van der Waals surface area (Å²) in [5.41, 5.74) is 5.19. The van der Waals surface area contributed by atoms with Crippen LogP contribution in [0.4, 0.5) is 11.6 Å². The monoisotopic (exact) mass is 472 g/mol. The van der Waals surface area contributed by atoms with Gasteiger partial charge in [0.1, 0.15) is 6.10 Å². The number of ether oxygens (including phenoxy) is 1. The van der Waals surface area contributed by atoms with Crippen LogP contribution in [0.25, 0.3) is 11.3 Å². The molecule has 0 saturated heterocycles. The molecule has 0 aliphatic carbocycles. The number of hydrogen-bond donors (Lipinski definition) is 2. The van der Waals surface area contributed by atoms with E-state index in [1.54, 1.807) is 24.3 Å². The van der Waals surface area contributed by atoms with E-state index in [1.807, 2.05) is 68.4 Å². The standard InChI is InChI=1S/C26H24N4O3S/c1-17-8-6-9-18(2)25(17)22-15-24-29-26(28-22)30-34(31,32)21-13-7-12-20(14-21)27-16-23(33-24)19-10-4-3-5-11-19/h3-15,23,27H,16H2,1-2H3,(H,28,29,30)/t23-/m0/s1. The molecule has 34 heavy (non-hydrogen) atoms. The molecule has 7 nitrogen and oxygen atoms in total. The second-order valence-corrected chi connectivity index (χ2v) is 9.90. The highest BCUT2D eigenvalue weighted by Crippen LogP contribution is 2.31. The Balaban J connectivity index is 1.68. The molecule has 1 aromatic heterocycles. The van der Waals surface area contributed by atoms with Gasteiger partial charge in [-0.3, -0.25) is 0 Å². The smallest absolute Gasteiger partial charge is 0.264 e. The van der Waals surface area contributed by atoms with Crippen molar-refractivity contribution >= 4 is 21.7 Å². The molecule has 3 aromatic carbocycles. The Bertz CT molecular complexity index is 1440. The molecule has 172 valence electrons. The van der Waals surface area contributed by atoms with Crippen molar-refractivity contribution in [1.82, 2.24) is 9.97 Å². The number of aromatic nitrogens is 2. The minimum absolute atomic E-state index is 0.0408. The Hall–Kier alpha value is -3.91. The number of rotatable bonds is 2. The normalized spacial score (nSPS) is 16.7. The van der Waals surface area contributed by atoms with Crippen molar-refractivity contribution in [2.45, 2.75) is 24.8 Å². The zero-order valence-corrected chi connectivity index (χ0v) is 19.6. The van der Waals surface area contributed by atoms with E-state index in [0.717, 1.165) is 22.3 Å². The number of nitrogens with one attached hydrogen (secondary N) is 2. The first-order valence-corrected chi connectivity index (χ1v) is 12.4. The average Bonchev–Trinajstić information content (AvgIpc) is 2.81. The van der Waals surface area contributed by atoms with Gasteiger partial charge in [0.15, 0.2) is 0 Å². The molecule has 0 unspecified atom stereocenters. The molecule has 1 atom stereocenters. The maximum Gasteiger partial charge on any atom is 0.264 e. The molecule has 0 amide bonds. The van der Waals surface area contributed by atoms with Crippen molar-refractivity contribution < 1.29 is 13.2 Å². The number of aryl methyl sites for hydroxylation is 2. The lowest BCUT2D eigenvalue weighted by atomic mass is 10.00. The van der Waals surface area contributed by atoms with Crippen LogP contribution in [0.3, 0.4) is 0 Å². The third-order valence-corrected chi connectivity index (χ3v) is 7.06. The fraction of sp³-hybridized carbons (Fsp3) is 0.154. The number of sulfonamides is 1. The predicted molar refractivity (Wildman–Crippen MR) is 132 cm³/mol. The van der Waals surface area contributed by atoms with Gasteiger partial charge < -0.3 is 10.1 Å². The average molecular weight is 473 g/mol. The van der Waals surface area contributed by atoms with Gasteiger partial charge in [0, 0.05) is 17.3 Å². The SMILES string of the molecule is Cc1cccc(C)c1-c1cc2nc(n1)NS(=O)(=O)c1cccc(c1)NC[C@@H](c1ccccc1)O2. The Morgan fingerprint density at radius 1 is 0.882 bits per heavy atom. The summed E-state index contributed by atoms with van der Waals surface area (Å²) in [4.78, 5) is 9.09. The van der Waals surface area contributed by atoms with E-state index < -0.39 is 10.0 Å². The van der Waals surface area contributed by atoms with Crippen LogP contribution in [-0.2, 0) is 10.0 Å². The van der Waals surface area contributed by atoms with Crippen LogP contribution in [-0.4, -0.2) is 24.9 Å². The van der Waals surface area contributed by atoms with Crippen molar-refractivity contribution in [2.75, 3.05) is 16.6 Å². The minimum Gasteiger partial charge on any atom is -0.467 e. The summed E-state index contributed by atoms with van der Waals surface area (Å²) in [6.07, 6.45) is -0.366. The van der Waals surface area contributed by atoms with Crippen LogP contribution in [0, 0.1) is 13.8 Å². The molecule has 5 rings (SSSR count). The zero-order chi connectivity index (χ0) is 23.7. The summed E-state index contributed by atoms with van der Waals surface area (Å²) in [5.74, 6) is 0.242. The molecule has 4 aromatic rings. The highest BCUT2D eigenvalue weighted by Gasteiger charge is 2.22. The Labute approximate surface area is 198 Å². The van der Waals surface area contributed by atoms with Gasteiger partial charge in [-0.2, -0.15) is 4.98 Å². The van der Waals surface area contributed by atoms with Gasteiger partial charge in [-0.05, 0) is 48.7 Å². The van der Waals surface area contributed by atoms with Crippen LogP contribution in [0.5, 0.6) is 5.88 Å². The van der Waals surface area contributed by atoms with Crippen molar-refractivity contribution in [3.63, 3.8) is 0 Å². The summed E-state index contributed by atoms with van der Waals surface area (Å²) >= 11 is 0. The Kier molecular flexibility index (Phi) is 5.67. The Morgan fingerprint density at radius 3 is 2.38 bits per heavy atom. The summed E-state index contributed by atoms with van der Waals surface area (Å²) in [7, 11) is -3.90. The zero-order valence-electron chi connectivity index (χ0n) is 18.8. The third-order valence-electron chi connectivity index (χ3n) is 5.74. The Morgan fingerprint density at radius 2 is 1.62 bits per heavy atom. The maximum absolute atomic E-state index is 13.1. The predicted octanol–water partition coefficient (Wildman–Crippen LogP) is 5.11. The molecule has 1 aliphatic heterocycles. The van der Waals surface area contributed by atoms with E-state index in [1.165, 1.54) is 0 Å². The molecule has 4 bridgehead atoms. The molecule has 2 N–H and O–H groups in total. The topological polar surface area (TPSA) is 93.2 Å². The van der Waals surface area contributed by atoms with Crippen LogP contribution in [0.2, 0.25) is 0 Å². The van der Waals surface area contributed by atoms with Gasteiger partial charge in [0.2, 0.25) is 11.8 Å². The van der Waals surface area contributed by atoms with Crippen LogP contribution in [0.15, 0.2) is 83.8 Å². The van der Waals surface area contributed by atoms with E-state index in [4.69, 9.17) is 4.74 Å². The van der Waals surface area contributed by atoms with E-state index in [-0.39, 0.29) is 22.8 Å². The van der Waals surface area contributed by atoms with Gasteiger partial charge in [0.05, 0.1) is 17.1 Å². The van der Waals surface area contributed by atoms with Gasteiger partial charge in [-0.15, -0.1) is 0 Å². The molecule has 0 radical (unpaired) electrons. The van der Waals surface area contributed by atoms with Gasteiger partial charge in [-0.1, -0.05) is 54.6 Å². The van der Waals surface area contributed by atoms with Gasteiger partial charge in [-0.25, -0.2) is 18.1 Å². The molecular formula is C26H24N4O3S. The highest BCUT2D eigenvalue weighted by atomic mass is 32.2. The highest BCUT2D eigenvalue weighted by molar-refractivity contribution is 7.92. The van der Waals surface area contributed by atoms with E-state index >= 15 is 0 Å². The van der Waals surface area contributed by atoms with E-state index in [0.29, 0.717) is 17.9 Å². The van der Waals surface area contributed by atoms with Gasteiger partial charge >= 0.3 is 0 Å². The summed E-state index contributed by atoms with van der Waals surface area (Å²) in [5, 5.41) is 3.30. The first-order chi connectivity index (χ1) is 16.4. The molecule has 1 aliphatic rings. The summed E-state index contributed by atoms with van der Waals surface area (Å²) in [6, 6.07) is 24.2. The van der Waals surface area contributed by atoms with Crippen molar-refractivity contribution in [2.24, 2.45) is 0 Å². The molecule has 0 fully saturated rings. The second kappa shape index (κ2) is 8.79. The van der Waals surface area contributed by atoms with Crippen LogP contribution < -0.4 is 14.8 Å². The quantitative estimate of drug-likeness (QED) is 0.421. The number of fused-ring (bicyclic) bond motifs is 4. The van der Waals surface area contributed by atoms with Crippen molar-refractivity contribution in [1.29, 1.82) is 0 Å². The molecule has 0 spiro atoms. The summed E-state index contributed by atoms with van der Waals surface area (Å²) in [6.45, 7) is 4.41. The number of nitrogens with zero attached hydrogens (tertiary/aromatic N) is 2. The first kappa shape index (κ1) is 21.9. The fourth-order valence-electron chi connectivity index (χ4n) is 4.08. The largest absolute Gasteiger partial charge is 0.467 e. The van der Waals surface area contributed by atoms with Crippen molar-refractivity contribution in [3.05, 3.63) is 95.6 Å². The van der Waals surface area contributed by atoms with E-state index in [2.05, 4.69) is 20.0 Å². The third kappa shape index (κ3) is 4.45. The first-order valence-electron chi connectivity index (χ1n) is 10.9. The molecule has 0 saturated carbocycles. The van der Waals surface area contributed by atoms with Crippen molar-refractivity contribution in [3.8, 4) is 17.1 Å². The molecular weight excluding hydrogens is 448 g/mol. The minimum atomic E-state index is -3.90. The fourth-order valence-corrected chi connectivity index (χ4v) is 5.07. The summed E-state index contributed by atoms with van der Waals surface area (Å²) < 4.78 is 35.1. The number of anilines is 2. The number of benzene rings is 3. The molecule has 8 heteroatoms. The lowest BCUT2D eigenvalue weighted by Gasteiger charge is -2.22. The lowest BCUT2D eigenvalue weighted by molar-refractivity contribution is 0.210. The van der Waals surface area contributed by atoms with Crippen LogP contribution in [0.1, 0.15) is 22.8 Å².